The van der Waals surface area contributed by atoms with E-state index in [1.165, 1.54) is 0 Å². The van der Waals surface area contributed by atoms with Crippen LogP contribution in [0.25, 0.3) is 0 Å². The Balaban J connectivity index is 2.26. The number of nitrogens with one attached hydrogen (secondary N) is 1. The molecule has 0 radical (unpaired) electrons. The topological polar surface area (TPSA) is 48.3 Å². The van der Waals surface area contributed by atoms with Gasteiger partial charge in [0.25, 0.3) is 0 Å². The van der Waals surface area contributed by atoms with Gasteiger partial charge in [-0.3, -0.25) is 4.68 Å². The average molecular weight is 304 g/mol. The Morgan fingerprint density at radius 3 is 2.70 bits per heavy atom. The molecule has 1 rings (SSSR count). The maximum absolute atomic E-state index is 6.34. The van der Waals surface area contributed by atoms with E-state index in [4.69, 9.17) is 21.1 Å². The van der Waals surface area contributed by atoms with Crippen LogP contribution in [-0.4, -0.2) is 43.3 Å². The number of ether oxygens (including phenoxy) is 2. The standard InChI is InChI=1S/C14H26ClN3O2/c1-4-12-14(15)13(18(5-2)17-12)11-16-7-6-8-20-10-9-19-3/h16H,4-11H2,1-3H3. The van der Waals surface area contributed by atoms with Gasteiger partial charge in [0.15, 0.2) is 0 Å². The summed E-state index contributed by atoms with van der Waals surface area (Å²) < 4.78 is 12.3. The van der Waals surface area contributed by atoms with E-state index in [-0.39, 0.29) is 0 Å². The third-order valence-electron chi connectivity index (χ3n) is 3.06. The van der Waals surface area contributed by atoms with E-state index < -0.39 is 0 Å². The highest BCUT2D eigenvalue weighted by atomic mass is 35.5. The van der Waals surface area contributed by atoms with Gasteiger partial charge in [0.1, 0.15) is 0 Å². The third-order valence-corrected chi connectivity index (χ3v) is 3.50. The van der Waals surface area contributed by atoms with Crippen LogP contribution in [0, 0.1) is 0 Å². The van der Waals surface area contributed by atoms with Crippen molar-refractivity contribution in [2.24, 2.45) is 0 Å². The average Bonchev–Trinajstić information content (AvgIpc) is 2.78. The van der Waals surface area contributed by atoms with E-state index in [9.17, 15) is 0 Å². The van der Waals surface area contributed by atoms with E-state index in [1.807, 2.05) is 4.68 Å². The Labute approximate surface area is 126 Å². The van der Waals surface area contributed by atoms with Crippen molar-refractivity contribution < 1.29 is 9.47 Å². The van der Waals surface area contributed by atoms with Crippen molar-refractivity contribution in [1.82, 2.24) is 15.1 Å². The van der Waals surface area contributed by atoms with Crippen molar-refractivity contribution >= 4 is 11.6 Å². The van der Waals surface area contributed by atoms with Gasteiger partial charge in [-0.2, -0.15) is 5.10 Å². The monoisotopic (exact) mass is 303 g/mol. The molecule has 0 unspecified atom stereocenters. The summed E-state index contributed by atoms with van der Waals surface area (Å²) in [4.78, 5) is 0. The summed E-state index contributed by atoms with van der Waals surface area (Å²) >= 11 is 6.34. The fraction of sp³-hybridized carbons (Fsp3) is 0.786. The summed E-state index contributed by atoms with van der Waals surface area (Å²) in [6, 6.07) is 0. The van der Waals surface area contributed by atoms with Crippen LogP contribution < -0.4 is 5.32 Å². The molecule has 6 heteroatoms. The molecule has 1 aromatic heterocycles. The van der Waals surface area contributed by atoms with E-state index in [1.54, 1.807) is 7.11 Å². The van der Waals surface area contributed by atoms with Crippen molar-refractivity contribution in [2.75, 3.05) is 33.5 Å². The van der Waals surface area contributed by atoms with Gasteiger partial charge in [0, 0.05) is 26.8 Å². The van der Waals surface area contributed by atoms with Crippen LogP contribution in [0.15, 0.2) is 0 Å². The normalized spacial score (nSPS) is 11.2. The van der Waals surface area contributed by atoms with Gasteiger partial charge in [-0.15, -0.1) is 0 Å². The first-order valence-electron chi connectivity index (χ1n) is 7.26. The van der Waals surface area contributed by atoms with Crippen LogP contribution >= 0.6 is 11.6 Å². The number of aryl methyl sites for hydroxylation is 2. The smallest absolute Gasteiger partial charge is 0.0863 e. The van der Waals surface area contributed by atoms with Gasteiger partial charge < -0.3 is 14.8 Å². The predicted octanol–water partition coefficient (Wildman–Crippen LogP) is 2.26. The van der Waals surface area contributed by atoms with Crippen LogP contribution in [0.4, 0.5) is 0 Å². The van der Waals surface area contributed by atoms with E-state index in [0.717, 1.165) is 55.5 Å². The highest BCUT2D eigenvalue weighted by molar-refractivity contribution is 6.31. The van der Waals surface area contributed by atoms with Crippen molar-refractivity contribution in [3.8, 4) is 0 Å². The largest absolute Gasteiger partial charge is 0.382 e. The number of halogens is 1. The van der Waals surface area contributed by atoms with Crippen LogP contribution in [-0.2, 0) is 29.0 Å². The quantitative estimate of drug-likeness (QED) is 0.637. The molecule has 5 nitrogen and oxygen atoms in total. The highest BCUT2D eigenvalue weighted by Crippen LogP contribution is 2.21. The fourth-order valence-electron chi connectivity index (χ4n) is 1.94. The third kappa shape index (κ3) is 5.40. The molecule has 0 amide bonds. The van der Waals surface area contributed by atoms with Gasteiger partial charge in [-0.05, 0) is 26.3 Å². The lowest BCUT2D eigenvalue weighted by atomic mass is 10.3. The maximum Gasteiger partial charge on any atom is 0.0863 e. The van der Waals surface area contributed by atoms with Crippen LogP contribution in [0.3, 0.4) is 0 Å². The zero-order valence-electron chi connectivity index (χ0n) is 12.7. The molecule has 1 heterocycles. The van der Waals surface area contributed by atoms with Crippen LogP contribution in [0.2, 0.25) is 5.02 Å². The molecule has 0 aliphatic heterocycles. The molecule has 0 spiro atoms. The van der Waals surface area contributed by atoms with Crippen molar-refractivity contribution in [2.45, 2.75) is 39.8 Å². The van der Waals surface area contributed by atoms with Crippen LogP contribution in [0.1, 0.15) is 31.7 Å². The molecule has 20 heavy (non-hydrogen) atoms. The summed E-state index contributed by atoms with van der Waals surface area (Å²) in [6.07, 6.45) is 1.84. The first kappa shape index (κ1) is 17.4. The summed E-state index contributed by atoms with van der Waals surface area (Å²) in [7, 11) is 1.68. The minimum atomic E-state index is 0.651. The molecule has 0 saturated carbocycles. The van der Waals surface area contributed by atoms with Crippen molar-refractivity contribution in [3.63, 3.8) is 0 Å². The minimum absolute atomic E-state index is 0.651. The SMILES string of the molecule is CCc1nn(CC)c(CNCCCOCCOC)c1Cl. The Kier molecular flexibility index (Phi) is 8.85. The van der Waals surface area contributed by atoms with Gasteiger partial charge in [-0.25, -0.2) is 0 Å². The first-order valence-corrected chi connectivity index (χ1v) is 7.63. The van der Waals surface area contributed by atoms with Gasteiger partial charge in [0.05, 0.1) is 29.6 Å². The van der Waals surface area contributed by atoms with E-state index in [0.29, 0.717) is 13.2 Å². The number of nitrogens with zero attached hydrogens (tertiary/aromatic N) is 2. The summed E-state index contributed by atoms with van der Waals surface area (Å²) in [5, 5.41) is 8.69. The van der Waals surface area contributed by atoms with E-state index >= 15 is 0 Å². The summed E-state index contributed by atoms with van der Waals surface area (Å²) in [5.74, 6) is 0. The number of aromatic nitrogens is 2. The zero-order valence-corrected chi connectivity index (χ0v) is 13.5. The second-order valence-electron chi connectivity index (χ2n) is 4.51. The molecule has 0 atom stereocenters. The Morgan fingerprint density at radius 2 is 2.05 bits per heavy atom. The molecular weight excluding hydrogens is 278 g/mol. The summed E-state index contributed by atoms with van der Waals surface area (Å²) in [5.41, 5.74) is 2.06. The number of hydrogen-bond acceptors (Lipinski definition) is 4. The molecular formula is C14H26ClN3O2. The Morgan fingerprint density at radius 1 is 1.25 bits per heavy atom. The Bertz CT molecular complexity index is 383. The molecule has 0 bridgehead atoms. The second kappa shape index (κ2) is 10.2. The van der Waals surface area contributed by atoms with E-state index in [2.05, 4.69) is 24.3 Å². The number of rotatable bonds is 11. The lowest BCUT2D eigenvalue weighted by molar-refractivity contribution is 0.0694. The summed E-state index contributed by atoms with van der Waals surface area (Å²) in [6.45, 7) is 8.70. The molecule has 0 saturated heterocycles. The molecule has 1 N–H and O–H groups in total. The van der Waals surface area contributed by atoms with Gasteiger partial charge >= 0.3 is 0 Å². The minimum Gasteiger partial charge on any atom is -0.382 e. The predicted molar refractivity (Wildman–Crippen MR) is 81.3 cm³/mol. The molecule has 0 fully saturated rings. The number of hydrogen-bond donors (Lipinski definition) is 1. The molecule has 1 aromatic rings. The number of methoxy groups -OCH3 is 1. The molecule has 0 aliphatic carbocycles. The van der Waals surface area contributed by atoms with Gasteiger partial charge in [-0.1, -0.05) is 18.5 Å². The van der Waals surface area contributed by atoms with Gasteiger partial charge in [0.2, 0.25) is 0 Å². The Hall–Kier alpha value is -0.620. The van der Waals surface area contributed by atoms with Crippen LogP contribution in [0.5, 0.6) is 0 Å². The molecule has 116 valence electrons. The molecule has 0 aromatic carbocycles. The lowest BCUT2D eigenvalue weighted by Crippen LogP contribution is -2.19. The maximum atomic E-state index is 6.34. The fourth-order valence-corrected chi connectivity index (χ4v) is 2.27. The first-order chi connectivity index (χ1) is 9.74. The zero-order chi connectivity index (χ0) is 14.8. The highest BCUT2D eigenvalue weighted by Gasteiger charge is 2.13. The second-order valence-corrected chi connectivity index (χ2v) is 4.89. The van der Waals surface area contributed by atoms with Crippen molar-refractivity contribution in [1.29, 1.82) is 0 Å². The molecule has 0 aliphatic rings. The van der Waals surface area contributed by atoms with Crippen molar-refractivity contribution in [3.05, 3.63) is 16.4 Å². The lowest BCUT2D eigenvalue weighted by Gasteiger charge is -2.08.